The summed E-state index contributed by atoms with van der Waals surface area (Å²) < 4.78 is 0. The first-order valence-corrected chi connectivity index (χ1v) is 18.7. The number of nitrogens with one attached hydrogen (secondary N) is 1. The fraction of sp³-hybridized carbons (Fsp3) is 0.455. The van der Waals surface area contributed by atoms with Crippen LogP contribution < -0.4 is 15.1 Å². The summed E-state index contributed by atoms with van der Waals surface area (Å²) in [6.07, 6.45) is 11.2. The van der Waals surface area contributed by atoms with E-state index in [9.17, 15) is 0 Å². The second-order valence-corrected chi connectivity index (χ2v) is 16.4. The van der Waals surface area contributed by atoms with Crippen LogP contribution in [0.2, 0.25) is 5.02 Å². The van der Waals surface area contributed by atoms with Crippen molar-refractivity contribution in [2.45, 2.75) is 104 Å². The summed E-state index contributed by atoms with van der Waals surface area (Å²) in [7, 11) is 1.98. The molecule has 8 rings (SSSR count). The number of hydrogen-bond donors (Lipinski definition) is 1. The van der Waals surface area contributed by atoms with Gasteiger partial charge in [0.2, 0.25) is 0 Å². The van der Waals surface area contributed by atoms with Gasteiger partial charge in [-0.3, -0.25) is 0 Å². The molecule has 1 atom stereocenters. The van der Waals surface area contributed by atoms with Crippen LogP contribution in [0.4, 0.5) is 11.4 Å². The van der Waals surface area contributed by atoms with E-state index in [0.29, 0.717) is 0 Å². The summed E-state index contributed by atoms with van der Waals surface area (Å²) in [4.78, 5) is 5.37. The molecule has 3 nitrogen and oxygen atoms in total. The van der Waals surface area contributed by atoms with E-state index in [0.717, 1.165) is 68.9 Å². The third-order valence-corrected chi connectivity index (χ3v) is 13.4. The summed E-state index contributed by atoms with van der Waals surface area (Å²) in [5, 5.41) is 4.16. The second kappa shape index (κ2) is 11.0. The number of rotatable bonds is 5. The Hall–Kier alpha value is -3.43. The minimum absolute atomic E-state index is 0.00984. The highest BCUT2D eigenvalue weighted by Crippen LogP contribution is 2.62. The van der Waals surface area contributed by atoms with Gasteiger partial charge in [0.1, 0.15) is 0 Å². The smallest absolute Gasteiger partial charge is 0.0534 e. The van der Waals surface area contributed by atoms with Gasteiger partial charge in [-0.1, -0.05) is 36.9 Å². The van der Waals surface area contributed by atoms with E-state index in [1.54, 1.807) is 11.1 Å². The van der Waals surface area contributed by atoms with Gasteiger partial charge in [-0.25, -0.2) is 0 Å². The first-order chi connectivity index (χ1) is 22.9. The summed E-state index contributed by atoms with van der Waals surface area (Å²) in [6, 6.07) is 7.88. The average Bonchev–Trinajstić information content (AvgIpc) is 3.37. The summed E-state index contributed by atoms with van der Waals surface area (Å²) in [5.74, 6) is 0. The molecule has 1 unspecified atom stereocenters. The standard InChI is InChI=1S/C44H52ClN3/c1-25-23-43(7,8)48-18-12-15-33-35-19-32-21-38-31(14-11-17-47(38)16-10-13-27(3)46-9)20-36(32)44(37(35)22-34(25)42(33)48)24-26(2)39-28(4)29(5)41(45)30(6)40(39)44/h20-23,46H,2-3,10-19,24H2,1,4-9H3. The van der Waals surface area contributed by atoms with Crippen molar-refractivity contribution in [3.63, 3.8) is 0 Å². The lowest BCUT2D eigenvalue weighted by atomic mass is 9.60. The number of nitrogens with zero attached hydrogens (tertiary/aromatic N) is 2. The van der Waals surface area contributed by atoms with E-state index in [1.807, 2.05) is 7.05 Å². The van der Waals surface area contributed by atoms with Crippen molar-refractivity contribution in [3.8, 4) is 0 Å². The number of anilines is 2. The second-order valence-electron chi connectivity index (χ2n) is 16.0. The predicted octanol–water partition coefficient (Wildman–Crippen LogP) is 10.1. The van der Waals surface area contributed by atoms with E-state index >= 15 is 0 Å². The largest absolute Gasteiger partial charge is 0.392 e. The quantitative estimate of drug-likeness (QED) is 0.295. The maximum Gasteiger partial charge on any atom is 0.0534 e. The van der Waals surface area contributed by atoms with Crippen molar-refractivity contribution in [1.29, 1.82) is 0 Å². The molecule has 3 aromatic carbocycles. The van der Waals surface area contributed by atoms with Crippen LogP contribution in [-0.4, -0.2) is 32.2 Å². The van der Waals surface area contributed by atoms with Crippen molar-refractivity contribution < 1.29 is 0 Å². The van der Waals surface area contributed by atoms with Gasteiger partial charge in [0.25, 0.3) is 0 Å². The number of allylic oxidation sites excluding steroid dienone is 3. The Morgan fingerprint density at radius 3 is 2.48 bits per heavy atom. The third-order valence-electron chi connectivity index (χ3n) is 12.8. The topological polar surface area (TPSA) is 18.5 Å². The van der Waals surface area contributed by atoms with Gasteiger partial charge >= 0.3 is 0 Å². The van der Waals surface area contributed by atoms with Gasteiger partial charge < -0.3 is 15.1 Å². The monoisotopic (exact) mass is 657 g/mol. The lowest BCUT2D eigenvalue weighted by molar-refractivity contribution is 0.521. The Bertz CT molecular complexity index is 1980. The summed E-state index contributed by atoms with van der Waals surface area (Å²) in [6.45, 7) is 26.2. The van der Waals surface area contributed by atoms with Crippen LogP contribution in [0.3, 0.4) is 0 Å². The highest BCUT2D eigenvalue weighted by molar-refractivity contribution is 6.32. The van der Waals surface area contributed by atoms with E-state index in [-0.39, 0.29) is 11.0 Å². The predicted molar refractivity (Wildman–Crippen MR) is 206 cm³/mol. The summed E-state index contributed by atoms with van der Waals surface area (Å²) in [5.41, 5.74) is 23.6. The molecule has 0 amide bonds. The Balaban J connectivity index is 1.41. The normalized spacial score (nSPS) is 21.3. The van der Waals surface area contributed by atoms with Gasteiger partial charge in [0.05, 0.1) is 11.0 Å². The molecule has 3 aliphatic heterocycles. The molecular formula is C44H52ClN3. The van der Waals surface area contributed by atoms with E-state index < -0.39 is 0 Å². The van der Waals surface area contributed by atoms with Crippen LogP contribution in [-0.2, 0) is 24.7 Å². The molecule has 0 fully saturated rings. The number of hydrogen-bond acceptors (Lipinski definition) is 3. The molecule has 0 bridgehead atoms. The first-order valence-electron chi connectivity index (χ1n) is 18.3. The minimum Gasteiger partial charge on any atom is -0.392 e. The van der Waals surface area contributed by atoms with Gasteiger partial charge in [-0.15, -0.1) is 0 Å². The molecule has 3 aromatic rings. The van der Waals surface area contributed by atoms with Crippen LogP contribution in [0.15, 0.2) is 43.1 Å². The maximum atomic E-state index is 7.28. The Morgan fingerprint density at radius 2 is 1.71 bits per heavy atom. The fourth-order valence-corrected chi connectivity index (χ4v) is 10.8. The number of fused-ring (bicyclic) bond motifs is 8. The molecular weight excluding hydrogens is 606 g/mol. The zero-order chi connectivity index (χ0) is 33.9. The van der Waals surface area contributed by atoms with Gasteiger partial charge in [-0.05, 0) is 177 Å². The van der Waals surface area contributed by atoms with Crippen LogP contribution >= 0.6 is 11.6 Å². The van der Waals surface area contributed by atoms with Gasteiger partial charge in [0, 0.05) is 54.3 Å². The Morgan fingerprint density at radius 1 is 0.938 bits per heavy atom. The Kier molecular flexibility index (Phi) is 7.32. The molecule has 250 valence electrons. The van der Waals surface area contributed by atoms with Crippen molar-refractivity contribution in [1.82, 2.24) is 5.32 Å². The molecule has 5 aliphatic rings. The molecule has 0 saturated carbocycles. The zero-order valence-electron chi connectivity index (χ0n) is 30.3. The number of benzene rings is 3. The molecule has 48 heavy (non-hydrogen) atoms. The van der Waals surface area contributed by atoms with E-state index in [4.69, 9.17) is 18.2 Å². The van der Waals surface area contributed by atoms with Gasteiger partial charge in [0.15, 0.2) is 0 Å². The van der Waals surface area contributed by atoms with Crippen LogP contribution in [0, 0.1) is 20.8 Å². The van der Waals surface area contributed by atoms with Crippen LogP contribution in [0.5, 0.6) is 0 Å². The average molecular weight is 658 g/mol. The third kappa shape index (κ3) is 4.31. The van der Waals surface area contributed by atoms with Crippen LogP contribution in [0.1, 0.15) is 120 Å². The lowest BCUT2D eigenvalue weighted by Crippen LogP contribution is -2.48. The maximum absolute atomic E-state index is 7.28. The minimum atomic E-state index is -0.301. The van der Waals surface area contributed by atoms with Crippen molar-refractivity contribution >= 4 is 34.1 Å². The van der Waals surface area contributed by atoms with Crippen molar-refractivity contribution in [3.05, 3.63) is 115 Å². The summed E-state index contributed by atoms with van der Waals surface area (Å²) >= 11 is 7.28. The highest BCUT2D eigenvalue weighted by atomic mass is 35.5. The van der Waals surface area contributed by atoms with Crippen LogP contribution in [0.25, 0.3) is 11.1 Å². The number of aryl methyl sites for hydroxylation is 1. The highest BCUT2D eigenvalue weighted by Gasteiger charge is 2.52. The Labute approximate surface area is 293 Å². The molecule has 3 heterocycles. The SMILES string of the molecule is C=C(CCCN1CCCc2cc3c(cc21)Cc1c(cc2c4c1CCCN4C(C)(C)C=C2C)C31CC(=C)c2c(C)c(C)c(Cl)c(C)c21)NC. The lowest BCUT2D eigenvalue weighted by Gasteiger charge is -2.49. The van der Waals surface area contributed by atoms with Crippen molar-refractivity contribution in [2.75, 3.05) is 36.5 Å². The fourth-order valence-electron chi connectivity index (χ4n) is 10.5. The number of halogens is 1. The molecule has 0 radical (unpaired) electrons. The van der Waals surface area contributed by atoms with E-state index in [2.05, 4.69) is 87.5 Å². The zero-order valence-corrected chi connectivity index (χ0v) is 31.0. The molecule has 4 heteroatoms. The van der Waals surface area contributed by atoms with Crippen molar-refractivity contribution in [2.24, 2.45) is 0 Å². The molecule has 0 aromatic heterocycles. The van der Waals surface area contributed by atoms with E-state index in [1.165, 1.54) is 91.0 Å². The molecule has 1 N–H and O–H groups in total. The molecule has 0 saturated heterocycles. The molecule has 2 aliphatic carbocycles. The first kappa shape index (κ1) is 31.8. The van der Waals surface area contributed by atoms with Gasteiger partial charge in [-0.2, -0.15) is 0 Å². The molecule has 1 spiro atoms.